The Balaban J connectivity index is 1.52. The van der Waals surface area contributed by atoms with Crippen LogP contribution in [-0.4, -0.2) is 105 Å². The summed E-state index contributed by atoms with van der Waals surface area (Å²) in [4.78, 5) is 44.4. The molecule has 3 N–H and O–H groups in total. The predicted molar refractivity (Wildman–Crippen MR) is 196 cm³/mol. The summed E-state index contributed by atoms with van der Waals surface area (Å²) in [5.41, 5.74) is 9.56. The van der Waals surface area contributed by atoms with Gasteiger partial charge in [-0.05, 0) is 37.9 Å². The largest absolute Gasteiger partial charge is 0.493 e. The van der Waals surface area contributed by atoms with Gasteiger partial charge in [0, 0.05) is 61.0 Å². The molecule has 6 aliphatic heterocycles. The number of nitrogens with two attached hydrogens (primary N) is 1. The molecule has 1 amide bonds. The van der Waals surface area contributed by atoms with Crippen molar-refractivity contribution in [3.63, 3.8) is 0 Å². The fraction of sp³-hybridized carbons (Fsp3) is 0.579. The third-order valence-corrected chi connectivity index (χ3v) is 12.6. The van der Waals surface area contributed by atoms with Gasteiger partial charge in [0.15, 0.2) is 29.8 Å². The van der Waals surface area contributed by atoms with E-state index in [4.69, 9.17) is 38.9 Å². The second-order valence-electron chi connectivity index (χ2n) is 14.9. The molecule has 0 saturated carbocycles. The molecule has 15 nitrogen and oxygen atoms in total. The molecule has 6 aliphatic rings. The van der Waals surface area contributed by atoms with Gasteiger partial charge < -0.3 is 44.2 Å². The maximum absolute atomic E-state index is 13.9. The summed E-state index contributed by atoms with van der Waals surface area (Å²) in [6, 6.07) is 1.20. The minimum absolute atomic E-state index is 0.0424. The van der Waals surface area contributed by atoms with E-state index >= 15 is 0 Å². The molecular weight excluding hydrogens is 719 g/mol. The van der Waals surface area contributed by atoms with E-state index in [-0.39, 0.29) is 31.9 Å². The fourth-order valence-electron chi connectivity index (χ4n) is 8.98. The Bertz CT molecular complexity index is 1930. The molecule has 8 atom stereocenters. The highest BCUT2D eigenvalue weighted by molar-refractivity contribution is 7.99. The maximum Gasteiger partial charge on any atom is 0.329 e. The van der Waals surface area contributed by atoms with Crippen LogP contribution in [0.5, 0.6) is 28.7 Å². The lowest BCUT2D eigenvalue weighted by molar-refractivity contribution is -0.153. The average molecular weight is 766 g/mol. The van der Waals surface area contributed by atoms with Gasteiger partial charge in [-0.2, -0.15) is 5.26 Å². The molecule has 0 radical (unpaired) electrons. The lowest BCUT2D eigenvalue weighted by Crippen LogP contribution is -2.69. The number of nitriles is 1. The van der Waals surface area contributed by atoms with Crippen LogP contribution in [0.3, 0.4) is 0 Å². The first kappa shape index (κ1) is 38.0. The summed E-state index contributed by atoms with van der Waals surface area (Å²) < 4.78 is 42.1. The quantitative estimate of drug-likeness (QED) is 0.227. The highest BCUT2D eigenvalue weighted by Gasteiger charge is 2.63. The fourth-order valence-corrected chi connectivity index (χ4v) is 10.5. The lowest BCUT2D eigenvalue weighted by atomic mass is 9.76. The van der Waals surface area contributed by atoms with Crippen molar-refractivity contribution in [2.24, 2.45) is 11.7 Å². The van der Waals surface area contributed by atoms with Crippen LogP contribution >= 0.6 is 11.8 Å². The molecule has 2 saturated heterocycles. The number of fused-ring (bicyclic) bond motifs is 6. The molecule has 2 aromatic rings. The molecule has 290 valence electrons. The lowest BCUT2D eigenvalue weighted by Gasteiger charge is -2.60. The minimum atomic E-state index is -1.15. The van der Waals surface area contributed by atoms with Crippen LogP contribution in [0.15, 0.2) is 6.07 Å². The monoisotopic (exact) mass is 765 g/mol. The van der Waals surface area contributed by atoms with Crippen LogP contribution < -0.4 is 34.7 Å². The number of nitrogens with one attached hydrogen (secondary N) is 1. The number of aryl methyl sites for hydroxylation is 1. The maximum atomic E-state index is 13.9. The summed E-state index contributed by atoms with van der Waals surface area (Å²) in [5.74, 6) is 0.566. The zero-order chi connectivity index (χ0) is 38.8. The van der Waals surface area contributed by atoms with Crippen molar-refractivity contribution >= 4 is 29.6 Å². The number of nitrogens with zero attached hydrogens (tertiary/aromatic N) is 3. The van der Waals surface area contributed by atoms with E-state index in [9.17, 15) is 19.6 Å². The Morgan fingerprint density at radius 1 is 1.13 bits per heavy atom. The number of thioether (sulfide) groups is 1. The van der Waals surface area contributed by atoms with E-state index in [0.29, 0.717) is 58.4 Å². The SMILES string of the molecule is COCOc1c(OC)c(C)cc2c1[C@@H]1C3[C@@H]4SC[C@H](NC(=O)C(N)C(C)C)C(=O)OC[C@@H](c5c6c(c(C)c(OC(C)=O)c54)OCO6)N3[C@](C#N)(C2)CN1C. The van der Waals surface area contributed by atoms with E-state index < -0.39 is 58.8 Å². The minimum Gasteiger partial charge on any atom is -0.493 e. The number of cyclic esters (lactones) is 1. The number of benzene rings is 2. The van der Waals surface area contributed by atoms with Crippen LogP contribution in [0.2, 0.25) is 0 Å². The molecule has 4 bridgehead atoms. The number of rotatable bonds is 8. The van der Waals surface area contributed by atoms with Gasteiger partial charge in [-0.25, -0.2) is 4.79 Å². The number of esters is 2. The van der Waals surface area contributed by atoms with Crippen molar-refractivity contribution in [1.82, 2.24) is 15.1 Å². The van der Waals surface area contributed by atoms with Crippen LogP contribution in [0.25, 0.3) is 0 Å². The average Bonchev–Trinajstić information content (AvgIpc) is 3.54. The molecule has 0 aromatic heterocycles. The van der Waals surface area contributed by atoms with Crippen molar-refractivity contribution in [2.45, 2.75) is 82.0 Å². The van der Waals surface area contributed by atoms with E-state index in [1.807, 2.05) is 34.7 Å². The second kappa shape index (κ2) is 14.4. The van der Waals surface area contributed by atoms with Crippen molar-refractivity contribution < 1.29 is 47.5 Å². The number of hydrogen-bond acceptors (Lipinski definition) is 15. The third kappa shape index (κ3) is 5.92. The highest BCUT2D eigenvalue weighted by atomic mass is 32.2. The molecule has 2 aromatic carbocycles. The first-order chi connectivity index (χ1) is 25.8. The standard InChI is InChI=1S/C38H47N5O10S/c1-17(2)27(40)36(45)41-22-12-54-35-26-25(34-32(51-16-52-34)19(4)31(26)53-20(5)44)23(11-49-37(22)46)43-29(35)28-24-21(10-38(43,13-39)14-42(28)6)9-18(3)30(48-8)33(24)50-15-47-7/h9,17,22-23,27-29,35H,10-12,14-16,40H2,1-8H3,(H,41,45)/t22-,23-,27?,28+,29?,35+,38-/m0/s1. The Labute approximate surface area is 318 Å². The second-order valence-corrected chi connectivity index (χ2v) is 16.1. The van der Waals surface area contributed by atoms with Crippen LogP contribution in [0.1, 0.15) is 71.5 Å². The van der Waals surface area contributed by atoms with Crippen molar-refractivity contribution in [2.75, 3.05) is 53.8 Å². The summed E-state index contributed by atoms with van der Waals surface area (Å²) in [5, 5.41) is 13.7. The first-order valence-electron chi connectivity index (χ1n) is 18.0. The number of piperazine rings is 1. The van der Waals surface area contributed by atoms with Gasteiger partial charge in [-0.1, -0.05) is 19.9 Å². The van der Waals surface area contributed by atoms with Crippen LogP contribution in [-0.2, 0) is 30.3 Å². The molecule has 0 aliphatic carbocycles. The number of methoxy groups -OCH3 is 2. The topological polar surface area (TPSA) is 184 Å². The van der Waals surface area contributed by atoms with E-state index in [2.05, 4.69) is 27.3 Å². The zero-order valence-electron chi connectivity index (χ0n) is 31.8. The number of amides is 1. The van der Waals surface area contributed by atoms with Gasteiger partial charge in [0.2, 0.25) is 12.7 Å². The number of likely N-dealkylation sites (N-methyl/N-ethyl adjacent to an activating group) is 1. The van der Waals surface area contributed by atoms with Gasteiger partial charge in [0.05, 0.1) is 36.6 Å². The predicted octanol–water partition coefficient (Wildman–Crippen LogP) is 2.98. The summed E-state index contributed by atoms with van der Waals surface area (Å²) in [6.07, 6.45) is 0.315. The first-order valence-corrected chi connectivity index (χ1v) is 19.0. The smallest absolute Gasteiger partial charge is 0.329 e. The van der Waals surface area contributed by atoms with Gasteiger partial charge in [0.25, 0.3) is 0 Å². The third-order valence-electron chi connectivity index (χ3n) is 11.2. The van der Waals surface area contributed by atoms with E-state index in [1.54, 1.807) is 14.2 Å². The summed E-state index contributed by atoms with van der Waals surface area (Å²) in [7, 11) is 5.13. The Kier molecular flexibility index (Phi) is 10.2. The van der Waals surface area contributed by atoms with Crippen molar-refractivity contribution in [1.29, 1.82) is 5.26 Å². The van der Waals surface area contributed by atoms with Crippen LogP contribution in [0, 0.1) is 31.1 Å². The van der Waals surface area contributed by atoms with Crippen LogP contribution in [0.4, 0.5) is 0 Å². The van der Waals surface area contributed by atoms with Crippen molar-refractivity contribution in [3.8, 4) is 34.8 Å². The number of carbonyl (C=O) groups excluding carboxylic acids is 3. The molecule has 8 rings (SSSR count). The number of ether oxygens (including phenoxy) is 7. The normalized spacial score (nSPS) is 28.5. The Hall–Kier alpha value is -4.27. The Morgan fingerprint density at radius 2 is 1.87 bits per heavy atom. The molecule has 6 heterocycles. The molecular formula is C38H47N5O10S. The van der Waals surface area contributed by atoms with Gasteiger partial charge in [0.1, 0.15) is 23.9 Å². The molecule has 54 heavy (non-hydrogen) atoms. The van der Waals surface area contributed by atoms with E-state index in [0.717, 1.165) is 16.7 Å². The number of carbonyl (C=O) groups is 3. The van der Waals surface area contributed by atoms with Gasteiger partial charge in [-0.15, -0.1) is 11.8 Å². The molecule has 2 fully saturated rings. The van der Waals surface area contributed by atoms with Gasteiger partial charge in [-0.3, -0.25) is 19.4 Å². The zero-order valence-corrected chi connectivity index (χ0v) is 32.6. The highest BCUT2D eigenvalue weighted by Crippen LogP contribution is 2.65. The summed E-state index contributed by atoms with van der Waals surface area (Å²) in [6.45, 7) is 8.80. The molecule has 16 heteroatoms. The Morgan fingerprint density at radius 3 is 2.54 bits per heavy atom. The van der Waals surface area contributed by atoms with Crippen molar-refractivity contribution in [3.05, 3.63) is 39.4 Å². The number of hydrogen-bond donors (Lipinski definition) is 2. The molecule has 3 unspecified atom stereocenters. The van der Waals surface area contributed by atoms with E-state index in [1.165, 1.54) is 18.7 Å². The molecule has 0 spiro atoms. The van der Waals surface area contributed by atoms with Gasteiger partial charge >= 0.3 is 11.9 Å². The summed E-state index contributed by atoms with van der Waals surface area (Å²) >= 11 is 1.41.